The zero-order valence-corrected chi connectivity index (χ0v) is 20.5. The molecule has 0 aliphatic heterocycles. The Bertz CT molecular complexity index is 246. The molecule has 0 saturated heterocycles. The Morgan fingerprint density at radius 2 is 0.571 bits per heavy atom. The molecule has 0 heterocycles. The molecule has 0 unspecified atom stereocenters. The molecular formula is C22H25BBrFe2O2+2. The molecule has 17 radical (unpaired) electrons. The van der Waals surface area contributed by atoms with Crippen LogP contribution < -0.4 is 0 Å². The topological polar surface area (TPSA) is 39.8 Å². The maximum absolute atomic E-state index is 7.50. The minimum atomic E-state index is 0. The van der Waals surface area contributed by atoms with Crippen molar-refractivity contribution in [3.05, 3.63) is 107 Å². The Kier molecular flexibility index (Phi) is 42.7. The van der Waals surface area contributed by atoms with E-state index in [2.05, 4.69) is 70.3 Å². The van der Waals surface area contributed by atoms with Gasteiger partial charge in [0.1, 0.15) is 0 Å². The number of rotatable bonds is 0. The molecule has 0 spiro atoms. The van der Waals surface area contributed by atoms with E-state index in [1.165, 1.54) is 29.6 Å². The van der Waals surface area contributed by atoms with Crippen LogP contribution in [0, 0.1) is 107 Å². The van der Waals surface area contributed by atoms with Gasteiger partial charge in [0.2, 0.25) is 0 Å². The molecular weight excluding hydrogens is 499 g/mol. The van der Waals surface area contributed by atoms with Gasteiger partial charge in [-0.1, -0.05) is 34.6 Å². The molecule has 3 aliphatic carbocycles. The van der Waals surface area contributed by atoms with Crippen LogP contribution in [0.15, 0.2) is 0 Å². The fraction of sp³-hybridized carbons (Fsp3) is 0.227. The average Bonchev–Trinajstić information content (AvgIpc) is 3.50. The summed E-state index contributed by atoms with van der Waals surface area (Å²) in [5, 5.41) is 0. The van der Waals surface area contributed by atoms with Gasteiger partial charge >= 0.3 is 39.7 Å². The van der Waals surface area contributed by atoms with Crippen molar-refractivity contribution in [2.24, 2.45) is 0 Å². The van der Waals surface area contributed by atoms with Gasteiger partial charge in [-0.15, -0.1) is 0 Å². The van der Waals surface area contributed by atoms with Gasteiger partial charge in [-0.05, 0) is 93.8 Å². The Morgan fingerprint density at radius 1 is 0.500 bits per heavy atom. The van der Waals surface area contributed by atoms with Crippen molar-refractivity contribution in [2.45, 2.75) is 34.6 Å². The summed E-state index contributed by atoms with van der Waals surface area (Å²) in [6.07, 6.45) is 20.0. The van der Waals surface area contributed by atoms with Gasteiger partial charge in [0.05, 0.1) is 0 Å². The van der Waals surface area contributed by atoms with Gasteiger partial charge in [0, 0.05) is 17.1 Å². The predicted molar refractivity (Wildman–Crippen MR) is 110 cm³/mol. The first-order valence-electron chi connectivity index (χ1n) is 7.71. The van der Waals surface area contributed by atoms with Gasteiger partial charge in [-0.3, -0.25) is 0 Å². The minimum absolute atomic E-state index is 0. The Morgan fingerprint density at radius 3 is 0.643 bits per heavy atom. The van der Waals surface area contributed by atoms with Gasteiger partial charge in [-0.2, -0.15) is 15.8 Å². The molecule has 28 heavy (non-hydrogen) atoms. The summed E-state index contributed by atoms with van der Waals surface area (Å²) >= 11 is 2.44. The number of hydrogen-bond acceptors (Lipinski definition) is 0. The largest absolute Gasteiger partial charge is 2.00 e. The normalized spacial score (nSPS) is 19.1. The summed E-state index contributed by atoms with van der Waals surface area (Å²) in [4.78, 5) is 0. The smallest absolute Gasteiger partial charge is 0.0312 e. The molecule has 6 heteroatoms. The van der Waals surface area contributed by atoms with Gasteiger partial charge in [-0.25, -0.2) is 0 Å². The quantitative estimate of drug-likeness (QED) is 0.232. The van der Waals surface area contributed by atoms with Gasteiger partial charge < -0.3 is 0 Å². The van der Waals surface area contributed by atoms with E-state index in [0.29, 0.717) is 0 Å². The molecule has 0 aromatic heterocycles. The van der Waals surface area contributed by atoms with E-state index in [4.69, 9.17) is 9.30 Å². The van der Waals surface area contributed by atoms with Crippen LogP contribution in [-0.4, -0.2) is 6.67 Å². The molecule has 3 saturated carbocycles. The fourth-order valence-electron chi connectivity index (χ4n) is 2.05. The molecule has 3 fully saturated rings. The second kappa shape index (κ2) is 30.3. The van der Waals surface area contributed by atoms with Crippen LogP contribution in [-0.2, 0) is 43.4 Å². The first-order valence-corrected chi connectivity index (χ1v) is 8.63. The minimum Gasteiger partial charge on any atom is -0.0312 e. The number of hydrogen-bond donors (Lipinski definition) is 0. The van der Waals surface area contributed by atoms with E-state index in [-0.39, 0.29) is 34.1 Å². The summed E-state index contributed by atoms with van der Waals surface area (Å²) in [7, 11) is 0. The molecule has 0 amide bonds. The number of halogens is 1. The second-order valence-electron chi connectivity index (χ2n) is 5.05. The van der Waals surface area contributed by atoms with Crippen molar-refractivity contribution in [3.63, 3.8) is 0 Å². The van der Waals surface area contributed by atoms with E-state index in [1.54, 1.807) is 0 Å². The molecule has 0 atom stereocenters. The predicted octanol–water partition coefficient (Wildman–Crippen LogP) is 5.40. The molecule has 0 bridgehead atoms. The Labute approximate surface area is 206 Å². The van der Waals surface area contributed by atoms with Crippen molar-refractivity contribution in [1.82, 2.24) is 0 Å². The van der Waals surface area contributed by atoms with Crippen molar-refractivity contribution in [2.75, 3.05) is 0 Å². The Balaban J connectivity index is -0.0000000848. The zero-order valence-electron chi connectivity index (χ0n) is 16.8. The van der Waals surface area contributed by atoms with Crippen molar-refractivity contribution in [1.29, 1.82) is 0 Å². The molecule has 0 N–H and O–H groups in total. The van der Waals surface area contributed by atoms with Crippen LogP contribution >= 0.6 is 15.8 Å². The first kappa shape index (κ1) is 39.5. The SMILES string of the molecule is C[C]1[C](C)[C](C)[C](C)[C]1C.[B]Br.[C-]#[O+].[C-]#[O+].[CH]1[CH][CH][CH][CH]1.[CH]1[CH][CH][CH][CH]1.[Fe+2].[Fe]. The molecule has 149 valence electrons. The second-order valence-corrected chi connectivity index (χ2v) is 5.05. The fourth-order valence-corrected chi connectivity index (χ4v) is 2.05. The van der Waals surface area contributed by atoms with Crippen LogP contribution in [0.25, 0.3) is 0 Å². The standard InChI is InChI=1S/C10H15.2C5H5.2CO.BBr.2Fe/c1-6-7(2)9(4)10(5)8(6)3;2*1-2-4-5-3-1;3*1-2;;/h1-5H3;2*1-5H;;;;;/q;;;;;;;+2. The van der Waals surface area contributed by atoms with Crippen LogP contribution in [0.3, 0.4) is 0 Å². The van der Waals surface area contributed by atoms with Crippen molar-refractivity contribution < 1.29 is 43.4 Å². The van der Waals surface area contributed by atoms with Crippen LogP contribution in [0.1, 0.15) is 34.6 Å². The maximum atomic E-state index is 7.50. The monoisotopic (exact) mass is 523 g/mol. The molecule has 3 rings (SSSR count). The Hall–Kier alpha value is 1.06. The maximum Gasteiger partial charge on any atom is 2.00 e. The average molecular weight is 524 g/mol. The third-order valence-electron chi connectivity index (χ3n) is 3.92. The summed E-state index contributed by atoms with van der Waals surface area (Å²) in [5.74, 6) is 7.34. The summed E-state index contributed by atoms with van der Waals surface area (Å²) in [6.45, 7) is 24.3. The molecule has 2 nitrogen and oxygen atoms in total. The summed E-state index contributed by atoms with van der Waals surface area (Å²) in [6, 6.07) is 0. The van der Waals surface area contributed by atoms with E-state index < -0.39 is 0 Å². The van der Waals surface area contributed by atoms with Crippen molar-refractivity contribution >= 4 is 22.4 Å². The molecule has 0 aromatic carbocycles. The zero-order chi connectivity index (χ0) is 21.0. The van der Waals surface area contributed by atoms with Crippen LogP contribution in [0.4, 0.5) is 0 Å². The van der Waals surface area contributed by atoms with Crippen LogP contribution in [0.2, 0.25) is 0 Å². The van der Waals surface area contributed by atoms with E-state index >= 15 is 0 Å². The van der Waals surface area contributed by atoms with E-state index in [9.17, 15) is 0 Å². The third kappa shape index (κ3) is 19.1. The molecule has 0 aromatic rings. The van der Waals surface area contributed by atoms with Crippen molar-refractivity contribution in [3.8, 4) is 0 Å². The third-order valence-corrected chi connectivity index (χ3v) is 3.92. The van der Waals surface area contributed by atoms with Crippen LogP contribution in [0.5, 0.6) is 0 Å². The van der Waals surface area contributed by atoms with E-state index in [0.717, 1.165) is 0 Å². The molecule has 3 aliphatic rings. The summed E-state index contributed by atoms with van der Waals surface area (Å²) < 4.78 is 15.0. The van der Waals surface area contributed by atoms with E-state index in [1.807, 2.05) is 64.2 Å². The van der Waals surface area contributed by atoms with Gasteiger partial charge in [0.25, 0.3) is 0 Å². The first-order chi connectivity index (χ1) is 12.6. The summed E-state index contributed by atoms with van der Waals surface area (Å²) in [5.41, 5.74) is 0. The van der Waals surface area contributed by atoms with Gasteiger partial charge in [0.15, 0.2) is 6.67 Å².